The molecule has 4 heteroatoms. The number of hydrogen-bond acceptors (Lipinski definition) is 2. The van der Waals surface area contributed by atoms with Gasteiger partial charge in [-0.2, -0.15) is 0 Å². The van der Waals surface area contributed by atoms with Crippen molar-refractivity contribution in [3.8, 4) is 11.8 Å². The summed E-state index contributed by atoms with van der Waals surface area (Å²) >= 11 is 5.81. The highest BCUT2D eigenvalue weighted by Gasteiger charge is 1.94. The lowest BCUT2D eigenvalue weighted by molar-refractivity contribution is -0.118. The number of carbonyl (C=O) groups is 1. The van der Waals surface area contributed by atoms with Crippen LogP contribution in [0.15, 0.2) is 18.3 Å². The van der Waals surface area contributed by atoms with Crippen LogP contribution in [-0.2, 0) is 4.79 Å². The average Bonchev–Trinajstić information content (AvgIpc) is 2.15. The van der Waals surface area contributed by atoms with Crippen molar-refractivity contribution in [2.45, 2.75) is 6.92 Å². The number of carbonyl (C=O) groups excluding carboxylic acids is 1. The highest BCUT2D eigenvalue weighted by molar-refractivity contribution is 6.31. The Labute approximate surface area is 87.5 Å². The van der Waals surface area contributed by atoms with Gasteiger partial charge >= 0.3 is 0 Å². The molecule has 1 rings (SSSR count). The van der Waals surface area contributed by atoms with Crippen molar-refractivity contribution >= 4 is 17.5 Å². The van der Waals surface area contributed by atoms with E-state index >= 15 is 0 Å². The Bertz CT molecular complexity index is 393. The van der Waals surface area contributed by atoms with Gasteiger partial charge in [-0.1, -0.05) is 17.5 Å². The van der Waals surface area contributed by atoms with Crippen LogP contribution in [0.4, 0.5) is 0 Å². The second-order valence-electron chi connectivity index (χ2n) is 2.55. The van der Waals surface area contributed by atoms with E-state index in [1.807, 2.05) is 0 Å². The summed E-state index contributed by atoms with van der Waals surface area (Å²) in [7, 11) is 0. The Morgan fingerprint density at radius 1 is 1.71 bits per heavy atom. The Morgan fingerprint density at radius 2 is 2.50 bits per heavy atom. The molecule has 0 aliphatic carbocycles. The van der Waals surface area contributed by atoms with Crippen LogP contribution in [0.3, 0.4) is 0 Å². The van der Waals surface area contributed by atoms with Crippen LogP contribution in [0, 0.1) is 11.8 Å². The highest BCUT2D eigenvalue weighted by atomic mass is 35.5. The van der Waals surface area contributed by atoms with Crippen LogP contribution >= 0.6 is 11.6 Å². The number of pyridine rings is 1. The third kappa shape index (κ3) is 3.46. The molecule has 0 saturated heterocycles. The van der Waals surface area contributed by atoms with Crippen LogP contribution in [0.25, 0.3) is 0 Å². The van der Waals surface area contributed by atoms with Gasteiger partial charge in [0.2, 0.25) is 5.91 Å². The summed E-state index contributed by atoms with van der Waals surface area (Å²) in [5.41, 5.74) is 0.527. The Morgan fingerprint density at radius 3 is 3.14 bits per heavy atom. The Kier molecular flexibility index (Phi) is 3.96. The molecule has 3 nitrogen and oxygen atoms in total. The fourth-order valence-corrected chi connectivity index (χ4v) is 0.943. The monoisotopic (exact) mass is 208 g/mol. The van der Waals surface area contributed by atoms with E-state index in [0.29, 0.717) is 17.3 Å². The van der Waals surface area contributed by atoms with E-state index in [1.165, 1.54) is 6.92 Å². The van der Waals surface area contributed by atoms with Gasteiger partial charge in [0.1, 0.15) is 5.69 Å². The maximum atomic E-state index is 10.5. The van der Waals surface area contributed by atoms with E-state index < -0.39 is 0 Å². The lowest BCUT2D eigenvalue weighted by Gasteiger charge is -1.93. The molecule has 1 amide bonds. The smallest absolute Gasteiger partial charge is 0.217 e. The molecule has 0 fully saturated rings. The maximum Gasteiger partial charge on any atom is 0.217 e. The van der Waals surface area contributed by atoms with Crippen molar-refractivity contribution in [3.05, 3.63) is 29.0 Å². The van der Waals surface area contributed by atoms with Gasteiger partial charge in [0.25, 0.3) is 0 Å². The number of nitrogens with one attached hydrogen (secondary N) is 1. The van der Waals surface area contributed by atoms with Crippen LogP contribution in [0.1, 0.15) is 12.6 Å². The first-order valence-corrected chi connectivity index (χ1v) is 4.42. The Balaban J connectivity index is 2.59. The van der Waals surface area contributed by atoms with Gasteiger partial charge in [-0.25, -0.2) is 4.98 Å². The van der Waals surface area contributed by atoms with Gasteiger partial charge in [-0.3, -0.25) is 4.79 Å². The predicted octanol–water partition coefficient (Wildman–Crippen LogP) is 1.22. The van der Waals surface area contributed by atoms with Crippen LogP contribution in [-0.4, -0.2) is 17.4 Å². The van der Waals surface area contributed by atoms with Gasteiger partial charge < -0.3 is 5.32 Å². The van der Waals surface area contributed by atoms with E-state index in [0.717, 1.165) is 0 Å². The summed E-state index contributed by atoms with van der Waals surface area (Å²) in [6.45, 7) is 1.75. The molecule has 72 valence electrons. The fraction of sp³-hybridized carbons (Fsp3) is 0.200. The SMILES string of the molecule is CC(=O)NCC#Cc1ncccc1Cl. The summed E-state index contributed by atoms with van der Waals surface area (Å²) in [6, 6.07) is 3.46. The molecule has 0 unspecified atom stereocenters. The quantitative estimate of drug-likeness (QED) is 0.706. The molecule has 1 N–H and O–H groups in total. The molecule has 1 heterocycles. The molecule has 0 aromatic carbocycles. The molecule has 14 heavy (non-hydrogen) atoms. The summed E-state index contributed by atoms with van der Waals surface area (Å²) in [5.74, 6) is 5.40. The van der Waals surface area contributed by atoms with Gasteiger partial charge in [0.15, 0.2) is 0 Å². The third-order valence-electron chi connectivity index (χ3n) is 1.39. The minimum absolute atomic E-state index is 0.105. The summed E-state index contributed by atoms with van der Waals surface area (Å²) < 4.78 is 0. The minimum Gasteiger partial charge on any atom is -0.345 e. The van der Waals surface area contributed by atoms with E-state index in [-0.39, 0.29) is 5.91 Å². The average molecular weight is 209 g/mol. The van der Waals surface area contributed by atoms with Crippen LogP contribution < -0.4 is 5.32 Å². The molecule has 0 atom stereocenters. The second-order valence-corrected chi connectivity index (χ2v) is 2.95. The molecule has 1 aromatic rings. The molecule has 0 saturated carbocycles. The lowest BCUT2D eigenvalue weighted by Crippen LogP contribution is -2.19. The van der Waals surface area contributed by atoms with E-state index in [2.05, 4.69) is 22.1 Å². The molecular formula is C10H9ClN2O. The van der Waals surface area contributed by atoms with Crippen molar-refractivity contribution < 1.29 is 4.79 Å². The van der Waals surface area contributed by atoms with Crippen LogP contribution in [0.5, 0.6) is 0 Å². The Hall–Kier alpha value is -1.53. The molecule has 0 aliphatic heterocycles. The second kappa shape index (κ2) is 5.25. The summed E-state index contributed by atoms with van der Waals surface area (Å²) in [6.07, 6.45) is 1.62. The zero-order chi connectivity index (χ0) is 10.4. The summed E-state index contributed by atoms with van der Waals surface area (Å²) in [5, 5.41) is 3.07. The molecule has 1 aromatic heterocycles. The standard InChI is InChI=1S/C10H9ClN2O/c1-8(14)12-6-3-5-10-9(11)4-2-7-13-10/h2,4,7H,6H2,1H3,(H,12,14). The largest absolute Gasteiger partial charge is 0.345 e. The normalized spacial score (nSPS) is 8.71. The third-order valence-corrected chi connectivity index (χ3v) is 1.70. The first kappa shape index (κ1) is 10.6. The number of hydrogen-bond donors (Lipinski definition) is 1. The first-order valence-electron chi connectivity index (χ1n) is 4.04. The number of aromatic nitrogens is 1. The fourth-order valence-electron chi connectivity index (χ4n) is 0.774. The highest BCUT2D eigenvalue weighted by Crippen LogP contribution is 2.09. The van der Waals surface area contributed by atoms with Crippen molar-refractivity contribution in [3.63, 3.8) is 0 Å². The number of amides is 1. The van der Waals surface area contributed by atoms with Crippen molar-refractivity contribution in [2.75, 3.05) is 6.54 Å². The van der Waals surface area contributed by atoms with Crippen molar-refractivity contribution in [2.24, 2.45) is 0 Å². The molecule has 0 radical (unpaired) electrons. The number of rotatable bonds is 1. The molecular weight excluding hydrogens is 200 g/mol. The van der Waals surface area contributed by atoms with Crippen LogP contribution in [0.2, 0.25) is 5.02 Å². The maximum absolute atomic E-state index is 10.5. The zero-order valence-electron chi connectivity index (χ0n) is 7.67. The number of halogens is 1. The van der Waals surface area contributed by atoms with Gasteiger partial charge in [0.05, 0.1) is 11.6 Å². The summed E-state index contributed by atoms with van der Waals surface area (Å²) in [4.78, 5) is 14.5. The molecule has 0 spiro atoms. The lowest BCUT2D eigenvalue weighted by atomic mass is 10.3. The predicted molar refractivity (Wildman–Crippen MR) is 54.8 cm³/mol. The first-order chi connectivity index (χ1) is 6.70. The minimum atomic E-state index is -0.105. The van der Waals surface area contributed by atoms with E-state index in [9.17, 15) is 4.79 Å². The topological polar surface area (TPSA) is 42.0 Å². The van der Waals surface area contributed by atoms with Crippen molar-refractivity contribution in [1.82, 2.24) is 10.3 Å². The van der Waals surface area contributed by atoms with E-state index in [4.69, 9.17) is 11.6 Å². The van der Waals surface area contributed by atoms with Crippen molar-refractivity contribution in [1.29, 1.82) is 0 Å². The molecule has 0 aliphatic rings. The van der Waals surface area contributed by atoms with Gasteiger partial charge in [-0.05, 0) is 18.1 Å². The van der Waals surface area contributed by atoms with Gasteiger partial charge in [0, 0.05) is 13.1 Å². The van der Waals surface area contributed by atoms with Gasteiger partial charge in [-0.15, -0.1) is 0 Å². The zero-order valence-corrected chi connectivity index (χ0v) is 8.43. The molecule has 0 bridgehead atoms. The number of nitrogens with zero attached hydrogens (tertiary/aromatic N) is 1. The van der Waals surface area contributed by atoms with E-state index in [1.54, 1.807) is 18.3 Å².